The summed E-state index contributed by atoms with van der Waals surface area (Å²) in [5.74, 6) is -0.325. The lowest BCUT2D eigenvalue weighted by Gasteiger charge is -2.33. The van der Waals surface area contributed by atoms with Crippen LogP contribution >= 0.6 is 11.3 Å². The largest absolute Gasteiger partial charge is 0.350 e. The van der Waals surface area contributed by atoms with Crippen molar-refractivity contribution in [2.24, 2.45) is 0 Å². The van der Waals surface area contributed by atoms with Gasteiger partial charge in [-0.05, 0) is 36.4 Å². The zero-order chi connectivity index (χ0) is 19.4. The molecule has 144 valence electrons. The molecule has 0 spiro atoms. The maximum absolute atomic E-state index is 13.0. The quantitative estimate of drug-likeness (QED) is 0.582. The van der Waals surface area contributed by atoms with E-state index in [2.05, 4.69) is 5.32 Å². The second-order valence-corrected chi connectivity index (χ2v) is 9.10. The lowest BCUT2D eigenvalue weighted by molar-refractivity contribution is -0.384. The molecule has 1 fully saturated rings. The molecule has 0 bridgehead atoms. The number of nitrogens with zero attached hydrogens (tertiary/aromatic N) is 2. The number of rotatable bonds is 6. The predicted octanol–water partition coefficient (Wildman–Crippen LogP) is 2.52. The Bertz CT molecular complexity index is 911. The Morgan fingerprint density at radius 3 is 2.63 bits per heavy atom. The monoisotopic (exact) mass is 409 g/mol. The number of sulfonamides is 1. The highest BCUT2D eigenvalue weighted by Gasteiger charge is 2.37. The van der Waals surface area contributed by atoms with Crippen molar-refractivity contribution in [2.75, 3.05) is 6.54 Å². The third-order valence-electron chi connectivity index (χ3n) is 4.43. The molecule has 27 heavy (non-hydrogen) atoms. The Labute approximate surface area is 161 Å². The number of amides is 1. The first kappa shape index (κ1) is 19.5. The zero-order valence-electron chi connectivity index (χ0n) is 14.4. The number of thiophene rings is 1. The van der Waals surface area contributed by atoms with Gasteiger partial charge in [-0.25, -0.2) is 8.42 Å². The van der Waals surface area contributed by atoms with Crippen LogP contribution in [0.25, 0.3) is 0 Å². The van der Waals surface area contributed by atoms with E-state index in [0.717, 1.165) is 23.4 Å². The molecule has 8 nitrogen and oxygen atoms in total. The Balaban J connectivity index is 1.78. The van der Waals surface area contributed by atoms with Crippen LogP contribution in [0.5, 0.6) is 0 Å². The van der Waals surface area contributed by atoms with Gasteiger partial charge in [0.2, 0.25) is 15.9 Å². The summed E-state index contributed by atoms with van der Waals surface area (Å²) in [6.45, 7) is 0.606. The van der Waals surface area contributed by atoms with Crippen molar-refractivity contribution in [3.63, 3.8) is 0 Å². The maximum Gasteiger partial charge on any atom is 0.269 e. The van der Waals surface area contributed by atoms with E-state index >= 15 is 0 Å². The normalized spacial score (nSPS) is 18.1. The molecule has 3 rings (SSSR count). The SMILES string of the molecule is O=C(NCc1cccs1)C1CCCCN1S(=O)(=O)c1ccc([N+](=O)[O-])cc1. The molecular formula is C17H19N3O5S2. The van der Waals surface area contributed by atoms with Gasteiger partial charge in [-0.2, -0.15) is 4.31 Å². The molecule has 1 aliphatic heterocycles. The maximum atomic E-state index is 13.0. The third-order valence-corrected chi connectivity index (χ3v) is 7.23. The van der Waals surface area contributed by atoms with Crippen LogP contribution in [0.1, 0.15) is 24.1 Å². The van der Waals surface area contributed by atoms with Gasteiger partial charge in [0.05, 0.1) is 16.4 Å². The molecule has 1 aromatic heterocycles. The van der Waals surface area contributed by atoms with Gasteiger partial charge in [0.15, 0.2) is 0 Å². The first-order chi connectivity index (χ1) is 12.9. The van der Waals surface area contributed by atoms with E-state index < -0.39 is 21.0 Å². The summed E-state index contributed by atoms with van der Waals surface area (Å²) in [7, 11) is -3.92. The topological polar surface area (TPSA) is 110 Å². The van der Waals surface area contributed by atoms with E-state index in [1.54, 1.807) is 0 Å². The summed E-state index contributed by atoms with van der Waals surface area (Å²) in [6.07, 6.45) is 1.88. The average Bonchev–Trinajstić information content (AvgIpc) is 3.20. The van der Waals surface area contributed by atoms with Crippen LogP contribution in [-0.2, 0) is 21.4 Å². The fourth-order valence-electron chi connectivity index (χ4n) is 3.04. The van der Waals surface area contributed by atoms with Crippen molar-refractivity contribution in [3.8, 4) is 0 Å². The molecule has 2 heterocycles. The van der Waals surface area contributed by atoms with Crippen molar-refractivity contribution in [1.29, 1.82) is 0 Å². The minimum Gasteiger partial charge on any atom is -0.350 e. The second kappa shape index (κ2) is 8.15. The Morgan fingerprint density at radius 2 is 2.00 bits per heavy atom. The molecule has 0 saturated carbocycles. The van der Waals surface area contributed by atoms with E-state index in [-0.39, 0.29) is 23.0 Å². The van der Waals surface area contributed by atoms with Crippen molar-refractivity contribution in [1.82, 2.24) is 9.62 Å². The lowest BCUT2D eigenvalue weighted by Crippen LogP contribution is -2.51. The van der Waals surface area contributed by atoms with E-state index in [9.17, 15) is 23.3 Å². The van der Waals surface area contributed by atoms with Crippen molar-refractivity contribution in [2.45, 2.75) is 36.7 Å². The minimum atomic E-state index is -3.92. The van der Waals surface area contributed by atoms with Gasteiger partial charge in [-0.15, -0.1) is 11.3 Å². The van der Waals surface area contributed by atoms with E-state index in [1.807, 2.05) is 17.5 Å². The molecule has 1 aliphatic rings. The average molecular weight is 409 g/mol. The standard InChI is InChI=1S/C17H19N3O5S2/c21-17(18-12-14-4-3-11-26-14)16-5-1-2-10-19(16)27(24,25)15-8-6-13(7-9-15)20(22)23/h3-4,6-9,11,16H,1-2,5,10,12H2,(H,18,21). The highest BCUT2D eigenvalue weighted by atomic mass is 32.2. The summed E-state index contributed by atoms with van der Waals surface area (Å²) in [4.78, 5) is 23.7. The number of benzene rings is 1. The van der Waals surface area contributed by atoms with Gasteiger partial charge in [0, 0.05) is 23.6 Å². The van der Waals surface area contributed by atoms with Gasteiger partial charge in [0.1, 0.15) is 6.04 Å². The minimum absolute atomic E-state index is 0.0499. The van der Waals surface area contributed by atoms with Crippen LogP contribution in [-0.4, -0.2) is 36.1 Å². The Hall–Kier alpha value is -2.30. The smallest absolute Gasteiger partial charge is 0.269 e. The molecule has 1 amide bonds. The van der Waals surface area contributed by atoms with E-state index in [1.165, 1.54) is 27.8 Å². The number of nitrogens with one attached hydrogen (secondary N) is 1. The highest BCUT2D eigenvalue weighted by Crippen LogP contribution is 2.27. The van der Waals surface area contributed by atoms with Crippen LogP contribution in [0.3, 0.4) is 0 Å². The highest BCUT2D eigenvalue weighted by molar-refractivity contribution is 7.89. The second-order valence-electron chi connectivity index (χ2n) is 6.18. The molecule has 1 unspecified atom stereocenters. The molecule has 0 aliphatic carbocycles. The van der Waals surface area contributed by atoms with Crippen LogP contribution in [0.2, 0.25) is 0 Å². The van der Waals surface area contributed by atoms with Crippen molar-refractivity contribution >= 4 is 33.0 Å². The number of hydrogen-bond acceptors (Lipinski definition) is 6. The van der Waals surface area contributed by atoms with Crippen LogP contribution in [0.4, 0.5) is 5.69 Å². The number of piperidine rings is 1. The molecule has 1 atom stereocenters. The number of nitro benzene ring substituents is 1. The Morgan fingerprint density at radius 1 is 1.26 bits per heavy atom. The first-order valence-corrected chi connectivity index (χ1v) is 10.8. The molecule has 1 saturated heterocycles. The van der Waals surface area contributed by atoms with Gasteiger partial charge < -0.3 is 5.32 Å². The summed E-state index contributed by atoms with van der Waals surface area (Å²) in [6, 6.07) is 7.74. The van der Waals surface area contributed by atoms with Crippen molar-refractivity contribution in [3.05, 3.63) is 56.8 Å². The fourth-order valence-corrected chi connectivity index (χ4v) is 5.34. The number of hydrogen-bond donors (Lipinski definition) is 1. The van der Waals surface area contributed by atoms with Crippen LogP contribution < -0.4 is 5.32 Å². The number of non-ortho nitro benzene ring substituents is 1. The van der Waals surface area contributed by atoms with Crippen molar-refractivity contribution < 1.29 is 18.1 Å². The number of nitro groups is 1. The van der Waals surface area contributed by atoms with Gasteiger partial charge in [0.25, 0.3) is 5.69 Å². The van der Waals surface area contributed by atoms with Gasteiger partial charge in [-0.1, -0.05) is 12.5 Å². The van der Waals surface area contributed by atoms with E-state index in [0.29, 0.717) is 19.4 Å². The third kappa shape index (κ3) is 4.34. The molecular weight excluding hydrogens is 390 g/mol. The Kier molecular flexibility index (Phi) is 5.88. The first-order valence-electron chi connectivity index (χ1n) is 8.46. The summed E-state index contributed by atoms with van der Waals surface area (Å²) in [5, 5.41) is 15.5. The molecule has 0 radical (unpaired) electrons. The van der Waals surface area contributed by atoms with Crippen LogP contribution in [0.15, 0.2) is 46.7 Å². The molecule has 1 aromatic carbocycles. The lowest BCUT2D eigenvalue weighted by atomic mass is 10.0. The van der Waals surface area contributed by atoms with Gasteiger partial charge >= 0.3 is 0 Å². The molecule has 1 N–H and O–H groups in total. The van der Waals surface area contributed by atoms with E-state index in [4.69, 9.17) is 0 Å². The number of carbonyl (C=O) groups excluding carboxylic acids is 1. The summed E-state index contributed by atoms with van der Waals surface area (Å²) >= 11 is 1.52. The number of carbonyl (C=O) groups is 1. The fraction of sp³-hybridized carbons (Fsp3) is 0.353. The molecule has 10 heteroatoms. The van der Waals surface area contributed by atoms with Crippen LogP contribution in [0, 0.1) is 10.1 Å². The molecule has 2 aromatic rings. The van der Waals surface area contributed by atoms with Gasteiger partial charge in [-0.3, -0.25) is 14.9 Å². The predicted molar refractivity (Wildman–Crippen MR) is 101 cm³/mol. The summed E-state index contributed by atoms with van der Waals surface area (Å²) < 4.78 is 27.2. The zero-order valence-corrected chi connectivity index (χ0v) is 16.0. The summed E-state index contributed by atoms with van der Waals surface area (Å²) in [5.41, 5.74) is -0.183.